The van der Waals surface area contributed by atoms with Crippen LogP contribution in [0.5, 0.6) is 0 Å². The van der Waals surface area contributed by atoms with Gasteiger partial charge in [-0.05, 0) is 171 Å². The highest BCUT2D eigenvalue weighted by Crippen LogP contribution is 2.44. The Morgan fingerprint density at radius 1 is 0.191 bits per heavy atom. The lowest BCUT2D eigenvalue weighted by Gasteiger charge is -2.17. The van der Waals surface area contributed by atoms with E-state index < -0.39 is 0 Å². The molecule has 5 aromatic heterocycles. The first-order chi connectivity index (χ1) is 46.6. The van der Waals surface area contributed by atoms with Crippen molar-refractivity contribution < 1.29 is 0 Å². The second-order valence-corrected chi connectivity index (χ2v) is 24.9. The Kier molecular flexibility index (Phi) is 11.3. The smallest absolute Gasteiger partial charge is 0.160 e. The Bertz CT molecular complexity index is 6250. The summed E-state index contributed by atoms with van der Waals surface area (Å²) in [5.41, 5.74) is 21.9. The largest absolute Gasteiger partial charge is 0.309 e. The van der Waals surface area contributed by atoms with E-state index in [-0.39, 0.29) is 0 Å². The molecule has 15 aromatic carbocycles. The summed E-state index contributed by atoms with van der Waals surface area (Å²) in [5, 5.41) is 15.3. The molecule has 5 heterocycles. The lowest BCUT2D eigenvalue weighted by molar-refractivity contribution is 1.13. The van der Waals surface area contributed by atoms with Gasteiger partial charge in [-0.2, -0.15) is 0 Å². The Hall–Kier alpha value is -12.6. The van der Waals surface area contributed by atoms with E-state index in [0.29, 0.717) is 5.82 Å². The summed E-state index contributed by atoms with van der Waals surface area (Å²) in [4.78, 5) is 11.4. The van der Waals surface area contributed by atoms with Crippen LogP contribution < -0.4 is 0 Å². The number of hydrogen-bond donors (Lipinski definition) is 0. The molecular formula is C88H54N6. The van der Waals surface area contributed by atoms with E-state index in [2.05, 4.69) is 346 Å². The molecule has 0 saturated heterocycles. The molecule has 0 radical (unpaired) electrons. The predicted octanol–water partition coefficient (Wildman–Crippen LogP) is 23.0. The van der Waals surface area contributed by atoms with Crippen molar-refractivity contribution in [2.75, 3.05) is 0 Å². The van der Waals surface area contributed by atoms with E-state index in [0.717, 1.165) is 99.8 Å². The second kappa shape index (κ2) is 20.4. The topological polar surface area (TPSA) is 45.5 Å². The SMILES string of the molecule is c1ccc(-n2c3ccccc3c3cc(-c4ccc5c(c4)c4ccccc4n5-c4cc(-c5nc(-c6ccc7ccccc7c6)c6c(ccc7ccccc76)n5)cc(-n5c6ccccc6c6cc(-c7ccc8c(c7)c7ccccc7n8-c7ccccc7)ccc65)c4)ccc32)cc1. The van der Waals surface area contributed by atoms with Gasteiger partial charge in [0, 0.05) is 82.4 Å². The fraction of sp³-hybridized carbons (Fsp3) is 0. The summed E-state index contributed by atoms with van der Waals surface area (Å²) in [7, 11) is 0. The highest BCUT2D eigenvalue weighted by atomic mass is 15.0. The van der Waals surface area contributed by atoms with Crippen LogP contribution in [0.2, 0.25) is 0 Å². The van der Waals surface area contributed by atoms with E-state index in [1.165, 1.54) is 81.7 Å². The van der Waals surface area contributed by atoms with Gasteiger partial charge in [-0.3, -0.25) is 0 Å². The molecule has 0 spiro atoms. The normalized spacial score (nSPS) is 12.0. The number of aromatic nitrogens is 6. The molecule has 6 heteroatoms. The van der Waals surface area contributed by atoms with E-state index in [1.54, 1.807) is 0 Å². The maximum absolute atomic E-state index is 5.77. The summed E-state index contributed by atoms with van der Waals surface area (Å²) in [6.45, 7) is 0. The van der Waals surface area contributed by atoms with Crippen molar-refractivity contribution in [1.29, 1.82) is 0 Å². The van der Waals surface area contributed by atoms with E-state index in [4.69, 9.17) is 9.97 Å². The molecule has 0 unspecified atom stereocenters. The molecule has 0 aliphatic carbocycles. The van der Waals surface area contributed by atoms with Gasteiger partial charge in [-0.15, -0.1) is 0 Å². The highest BCUT2D eigenvalue weighted by Gasteiger charge is 2.23. The standard InChI is InChI=1S/C88H54N6/c1-3-22-64(23-4-1)91-78-31-15-11-27-69(78)73-50-58(38-43-82(73)91)60-40-45-84-75(52-60)71-29-13-17-33-80(71)93(84)66-48-63(88-89-77-42-37-56-20-9-10-26-68(56)86(77)87(90-88)62-36-35-55-19-7-8-21-57(55)47-62)49-67(54-66)94-81-34-18-14-30-72(81)76-53-61(41-46-85(76)94)59-39-44-83-74(51-59)70-28-12-16-32-79(70)92(83)65-24-5-2-6-25-65/h1-54H. The summed E-state index contributed by atoms with van der Waals surface area (Å²) in [6.07, 6.45) is 0. The van der Waals surface area contributed by atoms with Gasteiger partial charge in [0.25, 0.3) is 0 Å². The van der Waals surface area contributed by atoms with Crippen molar-refractivity contribution in [1.82, 2.24) is 28.2 Å². The van der Waals surface area contributed by atoms with Crippen LogP contribution >= 0.6 is 0 Å². The highest BCUT2D eigenvalue weighted by molar-refractivity contribution is 6.17. The maximum Gasteiger partial charge on any atom is 0.160 e. The summed E-state index contributed by atoms with van der Waals surface area (Å²) >= 11 is 0. The van der Waals surface area contributed by atoms with Crippen molar-refractivity contribution in [2.45, 2.75) is 0 Å². The first kappa shape index (κ1) is 52.2. The van der Waals surface area contributed by atoms with Gasteiger partial charge in [0.1, 0.15) is 0 Å². The van der Waals surface area contributed by atoms with Crippen molar-refractivity contribution >= 4 is 120 Å². The lowest BCUT2D eigenvalue weighted by atomic mass is 9.98. The Labute approximate surface area is 540 Å². The summed E-state index contributed by atoms with van der Waals surface area (Å²) in [6, 6.07) is 120. The van der Waals surface area contributed by atoms with Gasteiger partial charge < -0.3 is 18.3 Å². The molecule has 94 heavy (non-hydrogen) atoms. The van der Waals surface area contributed by atoms with Crippen LogP contribution in [0.25, 0.3) is 187 Å². The van der Waals surface area contributed by atoms with Crippen LogP contribution in [-0.2, 0) is 0 Å². The number of nitrogens with zero attached hydrogens (tertiary/aromatic N) is 6. The number of benzene rings is 15. The average molecular weight is 1200 g/mol. The number of rotatable bonds is 8. The van der Waals surface area contributed by atoms with Crippen LogP contribution in [0.4, 0.5) is 0 Å². The third-order valence-corrected chi connectivity index (χ3v) is 19.7. The van der Waals surface area contributed by atoms with Gasteiger partial charge >= 0.3 is 0 Å². The van der Waals surface area contributed by atoms with Gasteiger partial charge in [0.05, 0.1) is 55.3 Å². The molecule has 0 aliphatic rings. The molecule has 6 nitrogen and oxygen atoms in total. The monoisotopic (exact) mass is 1190 g/mol. The first-order valence-corrected chi connectivity index (χ1v) is 32.2. The molecular weight excluding hydrogens is 1140 g/mol. The zero-order valence-electron chi connectivity index (χ0n) is 50.9. The van der Waals surface area contributed by atoms with Crippen molar-refractivity contribution in [3.05, 3.63) is 328 Å². The Balaban J connectivity index is 0.807. The van der Waals surface area contributed by atoms with Gasteiger partial charge in [-0.1, -0.05) is 200 Å². The molecule has 0 saturated carbocycles. The predicted molar refractivity (Wildman–Crippen MR) is 394 cm³/mol. The third-order valence-electron chi connectivity index (χ3n) is 19.7. The first-order valence-electron chi connectivity index (χ1n) is 32.2. The second-order valence-electron chi connectivity index (χ2n) is 24.9. The summed E-state index contributed by atoms with van der Waals surface area (Å²) in [5.74, 6) is 0.646. The lowest BCUT2D eigenvalue weighted by Crippen LogP contribution is -2.02. The van der Waals surface area contributed by atoms with Gasteiger partial charge in [0.15, 0.2) is 5.82 Å². The van der Waals surface area contributed by atoms with Crippen LogP contribution in [-0.4, -0.2) is 28.2 Å². The van der Waals surface area contributed by atoms with Gasteiger partial charge in [-0.25, -0.2) is 9.97 Å². The maximum atomic E-state index is 5.77. The Morgan fingerprint density at radius 3 is 1.00 bits per heavy atom. The molecule has 0 fully saturated rings. The molecule has 436 valence electrons. The minimum Gasteiger partial charge on any atom is -0.309 e. The third kappa shape index (κ3) is 7.96. The van der Waals surface area contributed by atoms with Crippen LogP contribution in [0.15, 0.2) is 328 Å². The zero-order valence-corrected chi connectivity index (χ0v) is 50.9. The van der Waals surface area contributed by atoms with Crippen molar-refractivity contribution in [2.24, 2.45) is 0 Å². The van der Waals surface area contributed by atoms with E-state index in [9.17, 15) is 0 Å². The van der Waals surface area contributed by atoms with Gasteiger partial charge in [0.2, 0.25) is 0 Å². The fourth-order valence-corrected chi connectivity index (χ4v) is 15.4. The fourth-order valence-electron chi connectivity index (χ4n) is 15.4. The van der Waals surface area contributed by atoms with Crippen molar-refractivity contribution in [3.8, 4) is 67.6 Å². The molecule has 0 amide bonds. The van der Waals surface area contributed by atoms with Crippen LogP contribution in [0.3, 0.4) is 0 Å². The molecule has 0 N–H and O–H groups in total. The molecule has 0 aliphatic heterocycles. The Morgan fingerprint density at radius 2 is 0.543 bits per heavy atom. The minimum absolute atomic E-state index is 0.646. The van der Waals surface area contributed by atoms with Crippen LogP contribution in [0.1, 0.15) is 0 Å². The average Bonchev–Trinajstić information content (AvgIpc) is 1.47. The zero-order chi connectivity index (χ0) is 61.5. The quantitative estimate of drug-likeness (QED) is 0.142. The number of fused-ring (bicyclic) bond motifs is 16. The van der Waals surface area contributed by atoms with E-state index in [1.807, 2.05) is 0 Å². The van der Waals surface area contributed by atoms with E-state index >= 15 is 0 Å². The minimum atomic E-state index is 0.646. The molecule has 20 aromatic rings. The number of hydrogen-bond acceptors (Lipinski definition) is 2. The summed E-state index contributed by atoms with van der Waals surface area (Å²) < 4.78 is 9.67. The number of para-hydroxylation sites is 6. The van der Waals surface area contributed by atoms with Crippen LogP contribution in [0, 0.1) is 0 Å². The van der Waals surface area contributed by atoms with Crippen molar-refractivity contribution in [3.63, 3.8) is 0 Å². The molecule has 20 rings (SSSR count). The molecule has 0 bridgehead atoms. The molecule has 0 atom stereocenters.